The van der Waals surface area contributed by atoms with Crippen molar-refractivity contribution in [1.29, 1.82) is 0 Å². The van der Waals surface area contributed by atoms with E-state index in [-0.39, 0.29) is 13.2 Å². The van der Waals surface area contributed by atoms with Crippen LogP contribution >= 0.6 is 0 Å². The SMILES string of the molecule is Cc1cn(-c2cc(NCCO)cc(C(F)(F)F)c2)cn1. The van der Waals surface area contributed by atoms with E-state index < -0.39 is 11.7 Å². The van der Waals surface area contributed by atoms with E-state index in [9.17, 15) is 13.2 Å². The molecule has 0 aliphatic heterocycles. The summed E-state index contributed by atoms with van der Waals surface area (Å²) in [5.74, 6) is 0. The molecule has 1 aromatic heterocycles. The van der Waals surface area contributed by atoms with Gasteiger partial charge in [-0.1, -0.05) is 0 Å². The molecule has 0 radical (unpaired) electrons. The van der Waals surface area contributed by atoms with Crippen molar-refractivity contribution in [2.45, 2.75) is 13.1 Å². The van der Waals surface area contributed by atoms with Gasteiger partial charge in [0.05, 0.1) is 24.2 Å². The maximum Gasteiger partial charge on any atom is 0.416 e. The first-order chi connectivity index (χ1) is 9.40. The van der Waals surface area contributed by atoms with Gasteiger partial charge in [-0.15, -0.1) is 0 Å². The van der Waals surface area contributed by atoms with Gasteiger partial charge in [0.1, 0.15) is 0 Å². The first kappa shape index (κ1) is 14.4. The monoisotopic (exact) mass is 285 g/mol. The number of alkyl halides is 3. The van der Waals surface area contributed by atoms with E-state index in [1.807, 2.05) is 0 Å². The van der Waals surface area contributed by atoms with Crippen LogP contribution in [0.3, 0.4) is 0 Å². The molecule has 0 amide bonds. The number of nitrogens with zero attached hydrogens (tertiary/aromatic N) is 2. The highest BCUT2D eigenvalue weighted by atomic mass is 19.4. The number of anilines is 1. The maximum absolute atomic E-state index is 12.9. The van der Waals surface area contributed by atoms with Gasteiger partial charge in [-0.2, -0.15) is 13.2 Å². The molecule has 2 N–H and O–H groups in total. The topological polar surface area (TPSA) is 50.1 Å². The lowest BCUT2D eigenvalue weighted by Crippen LogP contribution is -2.10. The summed E-state index contributed by atoms with van der Waals surface area (Å²) in [4.78, 5) is 4.00. The van der Waals surface area contributed by atoms with E-state index in [1.165, 1.54) is 10.9 Å². The highest BCUT2D eigenvalue weighted by Crippen LogP contribution is 2.32. The minimum Gasteiger partial charge on any atom is -0.395 e. The van der Waals surface area contributed by atoms with Gasteiger partial charge in [0.25, 0.3) is 0 Å². The number of imidazole rings is 1. The van der Waals surface area contributed by atoms with Crippen LogP contribution in [-0.2, 0) is 6.18 Å². The van der Waals surface area contributed by atoms with Gasteiger partial charge in [-0.25, -0.2) is 4.98 Å². The van der Waals surface area contributed by atoms with E-state index >= 15 is 0 Å². The molecular formula is C13H14F3N3O. The normalized spacial score (nSPS) is 11.7. The van der Waals surface area contributed by atoms with Crippen molar-refractivity contribution in [1.82, 2.24) is 9.55 Å². The number of aliphatic hydroxyl groups excluding tert-OH is 1. The Bertz CT molecular complexity index is 593. The average Bonchev–Trinajstić information content (AvgIpc) is 2.82. The zero-order valence-electron chi connectivity index (χ0n) is 10.8. The van der Waals surface area contributed by atoms with Crippen LogP contribution in [0.1, 0.15) is 11.3 Å². The van der Waals surface area contributed by atoms with Crippen LogP contribution in [0.2, 0.25) is 0 Å². The second kappa shape index (κ2) is 5.54. The molecule has 2 rings (SSSR count). The van der Waals surface area contributed by atoms with Gasteiger partial charge in [-0.05, 0) is 25.1 Å². The number of aryl methyl sites for hydroxylation is 1. The van der Waals surface area contributed by atoms with Crippen LogP contribution in [0.15, 0.2) is 30.7 Å². The Kier molecular flexibility index (Phi) is 3.99. The highest BCUT2D eigenvalue weighted by molar-refractivity contribution is 5.55. The van der Waals surface area contributed by atoms with Gasteiger partial charge in [0.2, 0.25) is 0 Å². The van der Waals surface area contributed by atoms with E-state index in [0.717, 1.165) is 12.1 Å². The zero-order chi connectivity index (χ0) is 14.8. The Labute approximate surface area is 113 Å². The molecule has 20 heavy (non-hydrogen) atoms. The highest BCUT2D eigenvalue weighted by Gasteiger charge is 2.31. The smallest absolute Gasteiger partial charge is 0.395 e. The summed E-state index contributed by atoms with van der Waals surface area (Å²) in [7, 11) is 0. The fourth-order valence-corrected chi connectivity index (χ4v) is 1.79. The second-order valence-corrected chi connectivity index (χ2v) is 4.34. The quantitative estimate of drug-likeness (QED) is 0.908. The Hall–Kier alpha value is -2.02. The van der Waals surface area contributed by atoms with Crippen LogP contribution < -0.4 is 5.32 Å². The van der Waals surface area contributed by atoms with Crippen LogP contribution in [-0.4, -0.2) is 27.8 Å². The lowest BCUT2D eigenvalue weighted by Gasteiger charge is -2.13. The number of halogens is 3. The molecule has 0 atom stereocenters. The van der Waals surface area contributed by atoms with Gasteiger partial charge in [0, 0.05) is 24.1 Å². The number of rotatable bonds is 4. The van der Waals surface area contributed by atoms with Crippen molar-refractivity contribution < 1.29 is 18.3 Å². The summed E-state index contributed by atoms with van der Waals surface area (Å²) in [5.41, 5.74) is 0.630. The summed E-state index contributed by atoms with van der Waals surface area (Å²) in [6.45, 7) is 1.79. The van der Waals surface area contributed by atoms with Crippen molar-refractivity contribution in [3.8, 4) is 5.69 Å². The van der Waals surface area contributed by atoms with Crippen LogP contribution in [0.4, 0.5) is 18.9 Å². The molecule has 1 heterocycles. The average molecular weight is 285 g/mol. The molecule has 0 fully saturated rings. The molecule has 0 spiro atoms. The molecule has 0 saturated carbocycles. The van der Waals surface area contributed by atoms with Gasteiger partial charge >= 0.3 is 6.18 Å². The number of hydrogen-bond donors (Lipinski definition) is 2. The predicted molar refractivity (Wildman–Crippen MR) is 68.9 cm³/mol. The van der Waals surface area contributed by atoms with E-state index in [4.69, 9.17) is 5.11 Å². The minimum absolute atomic E-state index is 0.157. The standard InChI is InChI=1S/C13H14F3N3O/c1-9-7-19(8-18-9)12-5-10(13(14,15)16)4-11(6-12)17-2-3-20/h4-8,17,20H,2-3H2,1H3. The summed E-state index contributed by atoms with van der Waals surface area (Å²) < 4.78 is 40.2. The minimum atomic E-state index is -4.43. The number of hydrogen-bond acceptors (Lipinski definition) is 3. The van der Waals surface area contributed by atoms with Crippen molar-refractivity contribution in [3.63, 3.8) is 0 Å². The molecular weight excluding hydrogens is 271 g/mol. The van der Waals surface area contributed by atoms with E-state index in [2.05, 4.69) is 10.3 Å². The van der Waals surface area contributed by atoms with Crippen molar-refractivity contribution in [2.75, 3.05) is 18.5 Å². The molecule has 1 aromatic carbocycles. The fraction of sp³-hybridized carbons (Fsp3) is 0.308. The summed E-state index contributed by atoms with van der Waals surface area (Å²) in [6, 6.07) is 3.65. The molecule has 0 saturated heterocycles. The number of aliphatic hydroxyl groups is 1. The van der Waals surface area contributed by atoms with Crippen molar-refractivity contribution in [3.05, 3.63) is 42.0 Å². The molecule has 2 aromatic rings. The molecule has 0 aliphatic carbocycles. The molecule has 0 unspecified atom stereocenters. The zero-order valence-corrected chi connectivity index (χ0v) is 10.8. The van der Waals surface area contributed by atoms with Crippen LogP contribution in [0, 0.1) is 6.92 Å². The van der Waals surface area contributed by atoms with Gasteiger partial charge in [0.15, 0.2) is 0 Å². The molecule has 4 nitrogen and oxygen atoms in total. The Morgan fingerprint density at radius 1 is 1.30 bits per heavy atom. The molecule has 108 valence electrons. The molecule has 7 heteroatoms. The molecule has 0 bridgehead atoms. The predicted octanol–water partition coefficient (Wildman–Crippen LogP) is 2.60. The Morgan fingerprint density at radius 2 is 2.05 bits per heavy atom. The second-order valence-electron chi connectivity index (χ2n) is 4.34. The first-order valence-electron chi connectivity index (χ1n) is 5.98. The van der Waals surface area contributed by atoms with Crippen LogP contribution in [0.25, 0.3) is 5.69 Å². The lowest BCUT2D eigenvalue weighted by atomic mass is 10.1. The number of aromatic nitrogens is 2. The third kappa shape index (κ3) is 3.30. The number of benzene rings is 1. The molecule has 0 aliphatic rings. The fourth-order valence-electron chi connectivity index (χ4n) is 1.79. The first-order valence-corrected chi connectivity index (χ1v) is 5.98. The largest absolute Gasteiger partial charge is 0.416 e. The summed E-state index contributed by atoms with van der Waals surface area (Å²) in [6.07, 6.45) is -1.33. The van der Waals surface area contributed by atoms with Crippen LogP contribution in [0.5, 0.6) is 0 Å². The van der Waals surface area contributed by atoms with Crippen molar-refractivity contribution in [2.24, 2.45) is 0 Å². The summed E-state index contributed by atoms with van der Waals surface area (Å²) in [5, 5.41) is 11.5. The Morgan fingerprint density at radius 3 is 2.60 bits per heavy atom. The Balaban J connectivity index is 2.45. The van der Waals surface area contributed by atoms with Gasteiger partial charge < -0.3 is 15.0 Å². The van der Waals surface area contributed by atoms with E-state index in [1.54, 1.807) is 19.2 Å². The third-order valence-corrected chi connectivity index (χ3v) is 2.70. The van der Waals surface area contributed by atoms with Crippen molar-refractivity contribution >= 4 is 5.69 Å². The lowest BCUT2D eigenvalue weighted by molar-refractivity contribution is -0.137. The van der Waals surface area contributed by atoms with E-state index in [0.29, 0.717) is 17.1 Å². The van der Waals surface area contributed by atoms with Gasteiger partial charge in [-0.3, -0.25) is 0 Å². The maximum atomic E-state index is 12.9. The third-order valence-electron chi connectivity index (χ3n) is 2.70. The summed E-state index contributed by atoms with van der Waals surface area (Å²) >= 11 is 0. The number of nitrogens with one attached hydrogen (secondary N) is 1.